The van der Waals surface area contributed by atoms with Gasteiger partial charge in [0.25, 0.3) is 5.91 Å². The second kappa shape index (κ2) is 9.37. The first kappa shape index (κ1) is 15.5. The predicted octanol–water partition coefficient (Wildman–Crippen LogP) is 4.93. The third kappa shape index (κ3) is 6.23. The van der Waals surface area contributed by atoms with Crippen molar-refractivity contribution in [2.45, 2.75) is 52.4 Å². The van der Waals surface area contributed by atoms with Gasteiger partial charge in [-0.3, -0.25) is 4.79 Å². The van der Waals surface area contributed by atoms with E-state index < -0.39 is 0 Å². The average Bonchev–Trinajstić information content (AvgIpc) is 2.44. The van der Waals surface area contributed by atoms with Gasteiger partial charge in [-0.05, 0) is 31.9 Å². The van der Waals surface area contributed by atoms with Crippen LogP contribution >= 0.6 is 0 Å². The van der Waals surface area contributed by atoms with Crippen molar-refractivity contribution in [3.05, 3.63) is 42.0 Å². The van der Waals surface area contributed by atoms with Crippen molar-refractivity contribution >= 4 is 11.6 Å². The van der Waals surface area contributed by atoms with E-state index in [4.69, 9.17) is 0 Å². The van der Waals surface area contributed by atoms with Crippen LogP contribution in [0.4, 0.5) is 5.69 Å². The summed E-state index contributed by atoms with van der Waals surface area (Å²) in [5.74, 6) is 0.0317. The Kier molecular flexibility index (Phi) is 7.64. The second-order valence-electron chi connectivity index (χ2n) is 4.80. The predicted molar refractivity (Wildman–Crippen MR) is 82.2 cm³/mol. The maximum absolute atomic E-state index is 12.1. The molecule has 0 radical (unpaired) electrons. The molecule has 0 heterocycles. The van der Waals surface area contributed by atoms with E-state index in [0.29, 0.717) is 0 Å². The number of hydrogen-bond donors (Lipinski definition) is 1. The number of hydrogen-bond acceptors (Lipinski definition) is 1. The molecule has 1 amide bonds. The van der Waals surface area contributed by atoms with Gasteiger partial charge < -0.3 is 5.32 Å². The fourth-order valence-corrected chi connectivity index (χ4v) is 2.04. The molecule has 0 aromatic heterocycles. The first-order valence-electron chi connectivity index (χ1n) is 7.29. The Labute approximate surface area is 116 Å². The fraction of sp³-hybridized carbons (Fsp3) is 0.471. The van der Waals surface area contributed by atoms with Crippen LogP contribution in [0.15, 0.2) is 42.0 Å². The standard InChI is InChI=1S/C17H25NO/c1-3-5-6-7-9-12-15(4-2)17(19)18-16-13-10-8-11-14-16/h4,8,10-11,13-14H,3,5-7,9,12H2,1-2H3,(H,18,19). The molecule has 0 unspecified atom stereocenters. The van der Waals surface area contributed by atoms with Crippen LogP contribution in [0.25, 0.3) is 0 Å². The molecule has 1 aromatic rings. The highest BCUT2D eigenvalue weighted by Crippen LogP contribution is 2.14. The summed E-state index contributed by atoms with van der Waals surface area (Å²) in [5.41, 5.74) is 1.75. The van der Waals surface area contributed by atoms with Crippen LogP contribution in [0.1, 0.15) is 52.4 Å². The number of allylic oxidation sites excluding steroid dienone is 1. The molecule has 0 saturated carbocycles. The summed E-state index contributed by atoms with van der Waals surface area (Å²) in [4.78, 5) is 12.1. The van der Waals surface area contributed by atoms with Crippen molar-refractivity contribution in [3.8, 4) is 0 Å². The summed E-state index contributed by atoms with van der Waals surface area (Å²) in [7, 11) is 0. The van der Waals surface area contributed by atoms with Crippen LogP contribution in [-0.4, -0.2) is 5.91 Å². The molecule has 19 heavy (non-hydrogen) atoms. The van der Waals surface area contributed by atoms with Gasteiger partial charge in [-0.25, -0.2) is 0 Å². The highest BCUT2D eigenvalue weighted by atomic mass is 16.1. The number of carbonyl (C=O) groups excluding carboxylic acids is 1. The van der Waals surface area contributed by atoms with E-state index in [-0.39, 0.29) is 5.91 Å². The molecule has 0 fully saturated rings. The lowest BCUT2D eigenvalue weighted by molar-refractivity contribution is -0.113. The van der Waals surface area contributed by atoms with Crippen LogP contribution in [0, 0.1) is 0 Å². The van der Waals surface area contributed by atoms with Crippen LogP contribution in [0.5, 0.6) is 0 Å². The highest BCUT2D eigenvalue weighted by molar-refractivity contribution is 6.03. The highest BCUT2D eigenvalue weighted by Gasteiger charge is 2.08. The lowest BCUT2D eigenvalue weighted by atomic mass is 10.0. The number of amides is 1. The fourth-order valence-electron chi connectivity index (χ4n) is 2.04. The lowest BCUT2D eigenvalue weighted by Gasteiger charge is -2.08. The maximum Gasteiger partial charge on any atom is 0.251 e. The molecule has 1 aromatic carbocycles. The van der Waals surface area contributed by atoms with E-state index in [1.165, 1.54) is 25.7 Å². The Balaban J connectivity index is 2.36. The molecule has 0 aliphatic heterocycles. The monoisotopic (exact) mass is 259 g/mol. The van der Waals surface area contributed by atoms with E-state index in [2.05, 4.69) is 12.2 Å². The van der Waals surface area contributed by atoms with Crippen molar-refractivity contribution in [1.29, 1.82) is 0 Å². The summed E-state index contributed by atoms with van der Waals surface area (Å²) >= 11 is 0. The molecule has 104 valence electrons. The average molecular weight is 259 g/mol. The Bertz CT molecular complexity index is 395. The lowest BCUT2D eigenvalue weighted by Crippen LogP contribution is -2.14. The van der Waals surface area contributed by atoms with Crippen molar-refractivity contribution < 1.29 is 4.79 Å². The summed E-state index contributed by atoms with van der Waals surface area (Å²) in [6.07, 6.45) is 8.93. The molecular formula is C17H25NO. The van der Waals surface area contributed by atoms with Gasteiger partial charge in [-0.1, -0.05) is 56.9 Å². The molecule has 2 heteroatoms. The molecule has 0 aliphatic rings. The smallest absolute Gasteiger partial charge is 0.251 e. The summed E-state index contributed by atoms with van der Waals surface area (Å²) in [6, 6.07) is 9.62. The normalized spacial score (nSPS) is 11.4. The minimum Gasteiger partial charge on any atom is -0.322 e. The zero-order valence-corrected chi connectivity index (χ0v) is 12.1. The first-order valence-corrected chi connectivity index (χ1v) is 7.29. The van der Waals surface area contributed by atoms with E-state index in [0.717, 1.165) is 24.1 Å². The minimum absolute atomic E-state index is 0.0317. The zero-order chi connectivity index (χ0) is 13.9. The molecule has 0 atom stereocenters. The third-order valence-electron chi connectivity index (χ3n) is 3.22. The van der Waals surface area contributed by atoms with Gasteiger partial charge in [0.1, 0.15) is 0 Å². The number of benzene rings is 1. The first-order chi connectivity index (χ1) is 9.27. The second-order valence-corrected chi connectivity index (χ2v) is 4.80. The van der Waals surface area contributed by atoms with Gasteiger partial charge in [-0.2, -0.15) is 0 Å². The van der Waals surface area contributed by atoms with Crippen molar-refractivity contribution in [3.63, 3.8) is 0 Å². The van der Waals surface area contributed by atoms with Crippen molar-refractivity contribution in [1.82, 2.24) is 0 Å². The van der Waals surface area contributed by atoms with Crippen LogP contribution in [0.3, 0.4) is 0 Å². The molecule has 0 bridgehead atoms. The van der Waals surface area contributed by atoms with Gasteiger partial charge in [-0.15, -0.1) is 0 Å². The SMILES string of the molecule is CC=C(CCCCCCC)C(=O)Nc1ccccc1. The molecule has 0 spiro atoms. The number of carbonyl (C=O) groups is 1. The number of para-hydroxylation sites is 1. The molecule has 2 nitrogen and oxygen atoms in total. The van der Waals surface area contributed by atoms with E-state index in [9.17, 15) is 4.79 Å². The number of nitrogens with one attached hydrogen (secondary N) is 1. The zero-order valence-electron chi connectivity index (χ0n) is 12.1. The Morgan fingerprint density at radius 3 is 2.42 bits per heavy atom. The van der Waals surface area contributed by atoms with E-state index in [1.54, 1.807) is 0 Å². The van der Waals surface area contributed by atoms with Crippen LogP contribution in [-0.2, 0) is 4.79 Å². The summed E-state index contributed by atoms with van der Waals surface area (Å²) < 4.78 is 0. The van der Waals surface area contributed by atoms with E-state index >= 15 is 0 Å². The Morgan fingerprint density at radius 1 is 1.11 bits per heavy atom. The van der Waals surface area contributed by atoms with Gasteiger partial charge in [0.2, 0.25) is 0 Å². The summed E-state index contributed by atoms with van der Waals surface area (Å²) in [6.45, 7) is 4.15. The number of rotatable bonds is 8. The largest absolute Gasteiger partial charge is 0.322 e. The quantitative estimate of drug-likeness (QED) is 0.520. The molecule has 0 saturated heterocycles. The number of anilines is 1. The van der Waals surface area contributed by atoms with Crippen molar-refractivity contribution in [2.75, 3.05) is 5.32 Å². The number of unbranched alkanes of at least 4 members (excludes halogenated alkanes) is 4. The molecule has 0 aliphatic carbocycles. The van der Waals surface area contributed by atoms with Crippen LogP contribution < -0.4 is 5.32 Å². The Hall–Kier alpha value is -1.57. The molecule has 1 rings (SSSR count). The third-order valence-corrected chi connectivity index (χ3v) is 3.22. The Morgan fingerprint density at radius 2 is 1.79 bits per heavy atom. The van der Waals surface area contributed by atoms with Crippen molar-refractivity contribution in [2.24, 2.45) is 0 Å². The molecular weight excluding hydrogens is 234 g/mol. The van der Waals surface area contributed by atoms with Gasteiger partial charge >= 0.3 is 0 Å². The van der Waals surface area contributed by atoms with E-state index in [1.807, 2.05) is 43.3 Å². The van der Waals surface area contributed by atoms with Gasteiger partial charge in [0, 0.05) is 11.3 Å². The van der Waals surface area contributed by atoms with Gasteiger partial charge in [0.05, 0.1) is 0 Å². The maximum atomic E-state index is 12.1. The minimum atomic E-state index is 0.0317. The van der Waals surface area contributed by atoms with Crippen LogP contribution in [0.2, 0.25) is 0 Å². The molecule has 1 N–H and O–H groups in total. The summed E-state index contributed by atoms with van der Waals surface area (Å²) in [5, 5.41) is 2.94. The topological polar surface area (TPSA) is 29.1 Å². The van der Waals surface area contributed by atoms with Gasteiger partial charge in [0.15, 0.2) is 0 Å².